The standard InChI is InChI=1S/C22H21NO4/c24-19(17-10-9-15-5-1-2-6-16(15)13-17)14-26-22(25)12-11-21-23-18-7-3-4-8-20(18)27-21/h3-4,7-10,13H,1-2,5-6,11-12,14H2. The van der Waals surface area contributed by atoms with E-state index < -0.39 is 5.97 Å². The van der Waals surface area contributed by atoms with Gasteiger partial charge in [0.1, 0.15) is 5.52 Å². The molecule has 1 aliphatic carbocycles. The van der Waals surface area contributed by atoms with Crippen LogP contribution >= 0.6 is 0 Å². The van der Waals surface area contributed by atoms with Crippen molar-refractivity contribution in [3.05, 3.63) is 65.0 Å². The number of aromatic nitrogens is 1. The van der Waals surface area contributed by atoms with Crippen molar-refractivity contribution < 1.29 is 18.7 Å². The first-order valence-corrected chi connectivity index (χ1v) is 9.34. The quantitative estimate of drug-likeness (QED) is 0.488. The van der Waals surface area contributed by atoms with Gasteiger partial charge in [0.25, 0.3) is 0 Å². The van der Waals surface area contributed by atoms with E-state index in [9.17, 15) is 9.59 Å². The molecule has 0 unspecified atom stereocenters. The summed E-state index contributed by atoms with van der Waals surface area (Å²) >= 11 is 0. The Kier molecular flexibility index (Phi) is 5.01. The lowest BCUT2D eigenvalue weighted by molar-refractivity contribution is -0.142. The molecular formula is C22H21NO4. The van der Waals surface area contributed by atoms with Gasteiger partial charge in [0.05, 0.1) is 6.42 Å². The monoisotopic (exact) mass is 363 g/mol. The zero-order valence-electron chi connectivity index (χ0n) is 15.1. The summed E-state index contributed by atoms with van der Waals surface area (Å²) in [6.07, 6.45) is 4.94. The smallest absolute Gasteiger partial charge is 0.306 e. The Balaban J connectivity index is 1.29. The molecule has 0 spiro atoms. The number of esters is 1. The normalized spacial score (nSPS) is 13.3. The summed E-state index contributed by atoms with van der Waals surface area (Å²) < 4.78 is 10.7. The van der Waals surface area contributed by atoms with Crippen LogP contribution in [0.4, 0.5) is 0 Å². The van der Waals surface area contributed by atoms with Crippen LogP contribution in [0.5, 0.6) is 0 Å². The maximum absolute atomic E-state index is 12.3. The molecule has 4 rings (SSSR count). The van der Waals surface area contributed by atoms with Gasteiger partial charge in [0.15, 0.2) is 23.9 Å². The van der Waals surface area contributed by atoms with Gasteiger partial charge in [-0.3, -0.25) is 9.59 Å². The molecule has 0 aliphatic heterocycles. The van der Waals surface area contributed by atoms with Gasteiger partial charge in [0, 0.05) is 12.0 Å². The number of Topliss-reactive ketones (excluding diaryl/α,β-unsaturated/α-hetero) is 1. The summed E-state index contributed by atoms with van der Waals surface area (Å²) in [5, 5.41) is 0. The van der Waals surface area contributed by atoms with Crippen LogP contribution < -0.4 is 0 Å². The first-order chi connectivity index (χ1) is 13.2. The Labute approximate surface area is 157 Å². The minimum atomic E-state index is -0.427. The molecule has 2 aromatic carbocycles. The lowest BCUT2D eigenvalue weighted by Crippen LogP contribution is -2.15. The van der Waals surface area contributed by atoms with Gasteiger partial charge in [-0.15, -0.1) is 0 Å². The van der Waals surface area contributed by atoms with Crippen molar-refractivity contribution in [2.24, 2.45) is 0 Å². The number of aryl methyl sites for hydroxylation is 3. The minimum absolute atomic E-state index is 0.129. The molecule has 27 heavy (non-hydrogen) atoms. The molecule has 3 aromatic rings. The van der Waals surface area contributed by atoms with Crippen LogP contribution in [0.15, 0.2) is 46.9 Å². The number of ether oxygens (including phenoxy) is 1. The topological polar surface area (TPSA) is 69.4 Å². The highest BCUT2D eigenvalue weighted by molar-refractivity contribution is 5.98. The van der Waals surface area contributed by atoms with Crippen molar-refractivity contribution in [3.63, 3.8) is 0 Å². The maximum Gasteiger partial charge on any atom is 0.306 e. The molecule has 138 valence electrons. The van der Waals surface area contributed by atoms with Gasteiger partial charge < -0.3 is 9.15 Å². The van der Waals surface area contributed by atoms with Gasteiger partial charge >= 0.3 is 5.97 Å². The molecule has 0 saturated carbocycles. The number of nitrogens with zero attached hydrogens (tertiary/aromatic N) is 1. The van der Waals surface area contributed by atoms with Crippen LogP contribution in [0.25, 0.3) is 11.1 Å². The second-order valence-corrected chi connectivity index (χ2v) is 6.85. The van der Waals surface area contributed by atoms with Crippen molar-refractivity contribution in [1.82, 2.24) is 4.98 Å². The number of hydrogen-bond donors (Lipinski definition) is 0. The lowest BCUT2D eigenvalue weighted by atomic mass is 9.90. The zero-order chi connectivity index (χ0) is 18.6. The summed E-state index contributed by atoms with van der Waals surface area (Å²) in [5.74, 6) is -0.101. The van der Waals surface area contributed by atoms with Crippen molar-refractivity contribution >= 4 is 22.9 Å². The highest BCUT2D eigenvalue weighted by Gasteiger charge is 2.15. The summed E-state index contributed by atoms with van der Waals surface area (Å²) in [5.41, 5.74) is 4.65. The number of rotatable bonds is 6. The molecule has 0 N–H and O–H groups in total. The summed E-state index contributed by atoms with van der Waals surface area (Å²) in [7, 11) is 0. The number of ketones is 1. The molecule has 0 atom stereocenters. The number of hydrogen-bond acceptors (Lipinski definition) is 5. The molecule has 5 heteroatoms. The van der Waals surface area contributed by atoms with E-state index in [1.165, 1.54) is 17.5 Å². The molecule has 0 bridgehead atoms. The Hall–Kier alpha value is -2.95. The van der Waals surface area contributed by atoms with Crippen LogP contribution in [-0.2, 0) is 28.8 Å². The van der Waals surface area contributed by atoms with E-state index in [1.54, 1.807) is 0 Å². The van der Waals surface area contributed by atoms with Crippen molar-refractivity contribution in [3.8, 4) is 0 Å². The van der Waals surface area contributed by atoms with E-state index >= 15 is 0 Å². The van der Waals surface area contributed by atoms with Gasteiger partial charge in [0.2, 0.25) is 0 Å². The Morgan fingerprint density at radius 1 is 1.04 bits per heavy atom. The summed E-state index contributed by atoms with van der Waals surface area (Å²) in [6, 6.07) is 13.3. The van der Waals surface area contributed by atoms with E-state index in [2.05, 4.69) is 4.98 Å². The highest BCUT2D eigenvalue weighted by atomic mass is 16.5. The largest absolute Gasteiger partial charge is 0.457 e. The van der Waals surface area contributed by atoms with Gasteiger partial charge in [-0.1, -0.05) is 24.3 Å². The van der Waals surface area contributed by atoms with Crippen LogP contribution in [0.2, 0.25) is 0 Å². The molecular weight excluding hydrogens is 342 g/mol. The molecule has 0 fully saturated rings. The van der Waals surface area contributed by atoms with Gasteiger partial charge in [-0.25, -0.2) is 4.98 Å². The molecule has 0 radical (unpaired) electrons. The van der Waals surface area contributed by atoms with Crippen LogP contribution in [-0.4, -0.2) is 23.3 Å². The van der Waals surface area contributed by atoms with Gasteiger partial charge in [-0.2, -0.15) is 0 Å². The summed E-state index contributed by atoms with van der Waals surface area (Å²) in [4.78, 5) is 28.6. The Bertz CT molecular complexity index is 956. The zero-order valence-corrected chi connectivity index (χ0v) is 15.1. The second-order valence-electron chi connectivity index (χ2n) is 6.85. The number of para-hydroxylation sites is 2. The SMILES string of the molecule is O=C(CCc1nc2ccccc2o1)OCC(=O)c1ccc2c(c1)CCCC2. The third kappa shape index (κ3) is 4.08. The maximum atomic E-state index is 12.3. The van der Waals surface area contributed by atoms with Gasteiger partial charge in [-0.05, 0) is 55.0 Å². The minimum Gasteiger partial charge on any atom is -0.457 e. The molecule has 1 heterocycles. The molecule has 0 saturated heterocycles. The first-order valence-electron chi connectivity index (χ1n) is 9.34. The fraction of sp³-hybridized carbons (Fsp3) is 0.318. The molecule has 1 aromatic heterocycles. The van der Waals surface area contributed by atoms with Crippen molar-refractivity contribution in [1.29, 1.82) is 0 Å². The number of fused-ring (bicyclic) bond motifs is 2. The third-order valence-corrected chi connectivity index (χ3v) is 4.92. The van der Waals surface area contributed by atoms with E-state index in [-0.39, 0.29) is 18.8 Å². The van der Waals surface area contributed by atoms with Crippen LogP contribution in [0.3, 0.4) is 0 Å². The first kappa shape index (κ1) is 17.5. The predicted octanol–water partition coefficient (Wildman–Crippen LogP) is 4.07. The molecule has 5 nitrogen and oxygen atoms in total. The third-order valence-electron chi connectivity index (χ3n) is 4.92. The van der Waals surface area contributed by atoms with E-state index in [0.717, 1.165) is 24.8 Å². The molecule has 1 aliphatic rings. The van der Waals surface area contributed by atoms with Crippen molar-refractivity contribution in [2.45, 2.75) is 38.5 Å². The van der Waals surface area contributed by atoms with Crippen LogP contribution in [0.1, 0.15) is 46.6 Å². The second kappa shape index (κ2) is 7.74. The summed E-state index contributed by atoms with van der Waals surface area (Å²) in [6.45, 7) is -0.231. The van der Waals surface area contributed by atoms with Crippen molar-refractivity contribution in [2.75, 3.05) is 6.61 Å². The fourth-order valence-electron chi connectivity index (χ4n) is 3.44. The Morgan fingerprint density at radius 2 is 1.85 bits per heavy atom. The fourth-order valence-corrected chi connectivity index (χ4v) is 3.44. The average Bonchev–Trinajstić information content (AvgIpc) is 3.13. The number of oxazole rings is 1. The molecule has 0 amide bonds. The van der Waals surface area contributed by atoms with E-state index in [1.807, 2.05) is 42.5 Å². The van der Waals surface area contributed by atoms with E-state index in [4.69, 9.17) is 9.15 Å². The van der Waals surface area contributed by atoms with E-state index in [0.29, 0.717) is 23.5 Å². The average molecular weight is 363 g/mol. The van der Waals surface area contributed by atoms with Crippen LogP contribution in [0, 0.1) is 0 Å². The number of benzene rings is 2. The Morgan fingerprint density at radius 3 is 2.70 bits per heavy atom. The lowest BCUT2D eigenvalue weighted by Gasteiger charge is -2.16. The highest BCUT2D eigenvalue weighted by Crippen LogP contribution is 2.22. The number of carbonyl (C=O) groups excluding carboxylic acids is 2. The number of carbonyl (C=O) groups is 2. The predicted molar refractivity (Wildman–Crippen MR) is 101 cm³/mol.